The second-order valence-electron chi connectivity index (χ2n) is 5.06. The Morgan fingerprint density at radius 3 is 2.30 bits per heavy atom. The van der Waals surface area contributed by atoms with E-state index in [1.54, 1.807) is 6.07 Å². The lowest BCUT2D eigenvalue weighted by Gasteiger charge is -2.14. The Labute approximate surface area is 140 Å². The molecule has 2 aromatic carbocycles. The number of pyridine rings is 1. The first-order chi connectivity index (χ1) is 10.8. The average molecular weight is 331 g/mol. The van der Waals surface area contributed by atoms with E-state index >= 15 is 0 Å². The first-order valence-corrected chi connectivity index (χ1v) is 7.34. The van der Waals surface area contributed by atoms with Crippen LogP contribution in [0.3, 0.4) is 0 Å². The minimum Gasteiger partial charge on any atom is -0.491 e. The fraction of sp³-hybridized carbons (Fsp3) is 0.167. The second-order valence-corrected chi connectivity index (χ2v) is 5.06. The molecule has 0 bridgehead atoms. The molecule has 0 fully saturated rings. The van der Waals surface area contributed by atoms with Crippen LogP contribution in [0.2, 0.25) is 0 Å². The molecule has 0 atom stereocenters. The molecule has 5 heteroatoms. The summed E-state index contributed by atoms with van der Waals surface area (Å²) in [5, 5.41) is 1.45. The summed E-state index contributed by atoms with van der Waals surface area (Å²) >= 11 is 0. The normalized spacial score (nSPS) is 10.3. The van der Waals surface area contributed by atoms with Gasteiger partial charge < -0.3 is 15.5 Å². The van der Waals surface area contributed by atoms with Crippen LogP contribution in [0, 0.1) is 0 Å². The third kappa shape index (κ3) is 3.55. The van der Waals surface area contributed by atoms with Crippen molar-refractivity contribution in [1.29, 1.82) is 0 Å². The van der Waals surface area contributed by atoms with Gasteiger partial charge in [0, 0.05) is 10.9 Å². The van der Waals surface area contributed by atoms with Crippen molar-refractivity contribution < 1.29 is 4.74 Å². The summed E-state index contributed by atoms with van der Waals surface area (Å²) < 4.78 is 5.95. The van der Waals surface area contributed by atoms with Gasteiger partial charge in [-0.05, 0) is 19.0 Å². The van der Waals surface area contributed by atoms with Gasteiger partial charge in [0.25, 0.3) is 5.56 Å². The first kappa shape index (κ1) is 17.1. The van der Waals surface area contributed by atoms with E-state index in [9.17, 15) is 4.79 Å². The fourth-order valence-electron chi connectivity index (χ4n) is 2.47. The predicted molar refractivity (Wildman–Crippen MR) is 96.4 cm³/mol. The summed E-state index contributed by atoms with van der Waals surface area (Å²) in [7, 11) is 0. The van der Waals surface area contributed by atoms with Gasteiger partial charge in [-0.1, -0.05) is 48.5 Å². The van der Waals surface area contributed by atoms with Crippen molar-refractivity contribution in [2.24, 2.45) is 5.73 Å². The van der Waals surface area contributed by atoms with Crippen LogP contribution in [0.1, 0.15) is 6.42 Å². The molecule has 1 heterocycles. The van der Waals surface area contributed by atoms with Crippen molar-refractivity contribution in [1.82, 2.24) is 4.98 Å². The van der Waals surface area contributed by atoms with E-state index in [4.69, 9.17) is 10.5 Å². The molecule has 23 heavy (non-hydrogen) atoms. The minimum atomic E-state index is -0.111. The number of aromatic nitrogens is 1. The van der Waals surface area contributed by atoms with Crippen LogP contribution in [0.5, 0.6) is 5.75 Å². The molecule has 1 aromatic heterocycles. The maximum atomic E-state index is 12.3. The zero-order chi connectivity index (χ0) is 15.4. The molecule has 0 spiro atoms. The molecule has 3 rings (SSSR count). The summed E-state index contributed by atoms with van der Waals surface area (Å²) in [4.78, 5) is 15.3. The van der Waals surface area contributed by atoms with Gasteiger partial charge in [0.15, 0.2) is 5.75 Å². The van der Waals surface area contributed by atoms with Gasteiger partial charge in [-0.3, -0.25) is 4.79 Å². The van der Waals surface area contributed by atoms with Crippen LogP contribution in [-0.2, 0) is 0 Å². The fourth-order valence-corrected chi connectivity index (χ4v) is 2.47. The number of halogens is 1. The van der Waals surface area contributed by atoms with Crippen LogP contribution < -0.4 is 16.0 Å². The molecule has 0 aliphatic carbocycles. The number of hydrogen-bond donors (Lipinski definition) is 2. The number of nitrogens with two attached hydrogens (primary N) is 1. The molecule has 120 valence electrons. The summed E-state index contributed by atoms with van der Waals surface area (Å²) in [6.07, 6.45) is 0.766. The summed E-state index contributed by atoms with van der Waals surface area (Å²) in [5.74, 6) is 0.704. The van der Waals surface area contributed by atoms with Crippen LogP contribution in [-0.4, -0.2) is 18.1 Å². The van der Waals surface area contributed by atoms with Crippen molar-refractivity contribution in [2.45, 2.75) is 6.42 Å². The predicted octanol–water partition coefficient (Wildman–Crippen LogP) is 3.34. The summed E-state index contributed by atoms with van der Waals surface area (Å²) in [6, 6.07) is 17.2. The molecule has 3 aromatic rings. The Morgan fingerprint density at radius 1 is 0.957 bits per heavy atom. The van der Waals surface area contributed by atoms with Crippen molar-refractivity contribution in [3.8, 4) is 17.0 Å². The summed E-state index contributed by atoms with van der Waals surface area (Å²) in [5.41, 5.74) is 7.06. The number of rotatable bonds is 5. The number of fused-ring (bicyclic) bond motifs is 1. The molecule has 4 nitrogen and oxygen atoms in total. The number of nitrogens with one attached hydrogen (secondary N) is 1. The lowest BCUT2D eigenvalue weighted by molar-refractivity contribution is 0.317. The highest BCUT2D eigenvalue weighted by Gasteiger charge is 2.13. The van der Waals surface area contributed by atoms with Gasteiger partial charge in [-0.15, -0.1) is 12.4 Å². The SMILES string of the molecule is Cl.NCCCOc1c(-c2ccccc2)[nH]c(=O)c2ccccc12. The molecular formula is C18H19ClN2O2. The maximum Gasteiger partial charge on any atom is 0.256 e. The van der Waals surface area contributed by atoms with Crippen molar-refractivity contribution in [3.05, 3.63) is 65.0 Å². The van der Waals surface area contributed by atoms with Crippen molar-refractivity contribution in [3.63, 3.8) is 0 Å². The quantitative estimate of drug-likeness (QED) is 0.705. The molecule has 0 amide bonds. The van der Waals surface area contributed by atoms with Gasteiger partial charge in [0.05, 0.1) is 17.7 Å². The zero-order valence-electron chi connectivity index (χ0n) is 12.6. The van der Waals surface area contributed by atoms with E-state index in [1.807, 2.05) is 48.5 Å². The Balaban J connectivity index is 0.00000192. The highest BCUT2D eigenvalue weighted by Crippen LogP contribution is 2.33. The number of ether oxygens (including phenoxy) is 1. The van der Waals surface area contributed by atoms with Crippen LogP contribution in [0.4, 0.5) is 0 Å². The molecule has 0 unspecified atom stereocenters. The largest absolute Gasteiger partial charge is 0.491 e. The molecule has 0 aliphatic rings. The lowest BCUT2D eigenvalue weighted by Crippen LogP contribution is -2.12. The zero-order valence-corrected chi connectivity index (χ0v) is 13.4. The van der Waals surface area contributed by atoms with E-state index in [-0.39, 0.29) is 18.0 Å². The molecule has 3 N–H and O–H groups in total. The Bertz CT molecular complexity index is 831. The van der Waals surface area contributed by atoms with Gasteiger partial charge in [0.2, 0.25) is 0 Å². The smallest absolute Gasteiger partial charge is 0.256 e. The monoisotopic (exact) mass is 330 g/mol. The number of aromatic amines is 1. The maximum absolute atomic E-state index is 12.3. The Hall–Kier alpha value is -2.30. The highest BCUT2D eigenvalue weighted by atomic mass is 35.5. The molecule has 0 aliphatic heterocycles. The minimum absolute atomic E-state index is 0. The third-order valence-corrected chi connectivity index (χ3v) is 3.54. The van der Waals surface area contributed by atoms with E-state index in [0.717, 1.165) is 17.4 Å². The van der Waals surface area contributed by atoms with Gasteiger partial charge in [-0.25, -0.2) is 0 Å². The number of benzene rings is 2. The van der Waals surface area contributed by atoms with E-state index < -0.39 is 0 Å². The van der Waals surface area contributed by atoms with E-state index in [1.165, 1.54) is 0 Å². The molecule has 0 saturated heterocycles. The standard InChI is InChI=1S/C18H18N2O2.ClH/c19-11-6-12-22-17-14-9-4-5-10-15(14)18(21)20-16(17)13-7-2-1-3-8-13;/h1-5,7-10H,6,11-12,19H2,(H,20,21);1H. The van der Waals surface area contributed by atoms with Crippen LogP contribution >= 0.6 is 12.4 Å². The van der Waals surface area contributed by atoms with Gasteiger partial charge in [0.1, 0.15) is 0 Å². The van der Waals surface area contributed by atoms with Gasteiger partial charge >= 0.3 is 0 Å². The molecule has 0 saturated carbocycles. The summed E-state index contributed by atoms with van der Waals surface area (Å²) in [6.45, 7) is 1.09. The topological polar surface area (TPSA) is 68.1 Å². The van der Waals surface area contributed by atoms with Gasteiger partial charge in [-0.2, -0.15) is 0 Å². The molecule has 0 radical (unpaired) electrons. The van der Waals surface area contributed by atoms with Crippen LogP contribution in [0.25, 0.3) is 22.0 Å². The second kappa shape index (κ2) is 7.81. The average Bonchev–Trinajstić information content (AvgIpc) is 2.58. The number of H-pyrrole nitrogens is 1. The van der Waals surface area contributed by atoms with Crippen molar-refractivity contribution >= 4 is 23.2 Å². The Kier molecular flexibility index (Phi) is 5.79. The van der Waals surface area contributed by atoms with E-state index in [2.05, 4.69) is 4.98 Å². The first-order valence-electron chi connectivity index (χ1n) is 7.34. The molecular weight excluding hydrogens is 312 g/mol. The van der Waals surface area contributed by atoms with E-state index in [0.29, 0.717) is 30.0 Å². The van der Waals surface area contributed by atoms with Crippen LogP contribution in [0.15, 0.2) is 59.4 Å². The third-order valence-electron chi connectivity index (χ3n) is 3.54. The Morgan fingerprint density at radius 2 is 1.61 bits per heavy atom. The number of hydrogen-bond acceptors (Lipinski definition) is 3. The highest BCUT2D eigenvalue weighted by molar-refractivity contribution is 5.92. The van der Waals surface area contributed by atoms with Crippen molar-refractivity contribution in [2.75, 3.05) is 13.2 Å². The lowest BCUT2D eigenvalue weighted by atomic mass is 10.1.